The highest BCUT2D eigenvalue weighted by atomic mass is 32.1. The number of aromatic nitrogens is 2. The first kappa shape index (κ1) is 21.1. The summed E-state index contributed by atoms with van der Waals surface area (Å²) in [6.07, 6.45) is 4.04. The third-order valence-corrected chi connectivity index (χ3v) is 6.48. The second-order valence-electron chi connectivity index (χ2n) is 7.71. The van der Waals surface area contributed by atoms with Gasteiger partial charge in [0.1, 0.15) is 24.2 Å². The number of nitrogens with zero attached hydrogens (tertiary/aromatic N) is 2. The lowest BCUT2D eigenvalue weighted by molar-refractivity contribution is -0.119. The van der Waals surface area contributed by atoms with Crippen LogP contribution in [-0.4, -0.2) is 21.2 Å². The van der Waals surface area contributed by atoms with Crippen molar-refractivity contribution in [3.63, 3.8) is 0 Å². The number of benzene rings is 2. The van der Waals surface area contributed by atoms with Gasteiger partial charge in [-0.3, -0.25) is 9.59 Å². The fourth-order valence-electron chi connectivity index (χ4n) is 3.87. The number of ether oxygens (including phenoxy) is 1. The van der Waals surface area contributed by atoms with Crippen LogP contribution >= 0.6 is 11.3 Å². The van der Waals surface area contributed by atoms with Crippen molar-refractivity contribution in [2.45, 2.75) is 25.5 Å². The van der Waals surface area contributed by atoms with E-state index in [1.807, 2.05) is 30.3 Å². The number of nitrogens with one attached hydrogen (secondary N) is 1. The Morgan fingerprint density at radius 2 is 2.03 bits per heavy atom. The molecule has 166 valence electrons. The second kappa shape index (κ2) is 8.99. The minimum Gasteiger partial charge on any atom is -0.489 e. The van der Waals surface area contributed by atoms with Crippen LogP contribution in [0.25, 0.3) is 10.4 Å². The molecule has 0 saturated heterocycles. The molecule has 0 fully saturated rings. The summed E-state index contributed by atoms with van der Waals surface area (Å²) in [7, 11) is 0. The van der Waals surface area contributed by atoms with Crippen molar-refractivity contribution in [3.8, 4) is 16.2 Å². The van der Waals surface area contributed by atoms with Gasteiger partial charge in [0.15, 0.2) is 10.9 Å². The van der Waals surface area contributed by atoms with Gasteiger partial charge < -0.3 is 14.6 Å². The van der Waals surface area contributed by atoms with Gasteiger partial charge in [-0.15, -0.1) is 0 Å². The molecule has 0 bridgehead atoms. The van der Waals surface area contributed by atoms with Crippen LogP contribution in [0, 0.1) is 5.82 Å². The number of halogens is 1. The molecule has 2 aromatic carbocycles. The molecule has 1 aliphatic heterocycles. The molecule has 0 saturated carbocycles. The molecule has 33 heavy (non-hydrogen) atoms. The minimum absolute atomic E-state index is 0.0345. The van der Waals surface area contributed by atoms with E-state index in [0.717, 1.165) is 5.56 Å². The van der Waals surface area contributed by atoms with Crippen LogP contribution in [0.3, 0.4) is 0 Å². The average molecular weight is 462 g/mol. The van der Waals surface area contributed by atoms with Crippen LogP contribution in [0.5, 0.6) is 5.75 Å². The van der Waals surface area contributed by atoms with Crippen LogP contribution in [-0.2, 0) is 11.4 Å². The molecule has 5 rings (SSSR count). The molecule has 0 radical (unpaired) electrons. The summed E-state index contributed by atoms with van der Waals surface area (Å²) in [6.45, 7) is 0.353. The third-order valence-electron chi connectivity index (χ3n) is 5.54. The van der Waals surface area contributed by atoms with Gasteiger partial charge in [-0.1, -0.05) is 41.7 Å². The number of carbonyl (C=O) groups excluding carboxylic acids is 2. The lowest BCUT2D eigenvalue weighted by Crippen LogP contribution is -2.31. The summed E-state index contributed by atoms with van der Waals surface area (Å²) in [4.78, 5) is 29.6. The van der Waals surface area contributed by atoms with Crippen LogP contribution < -0.4 is 10.1 Å². The van der Waals surface area contributed by atoms with E-state index in [4.69, 9.17) is 4.74 Å². The first-order valence-electron chi connectivity index (χ1n) is 10.5. The Balaban J connectivity index is 1.26. The maximum atomic E-state index is 14.8. The molecule has 2 aromatic heterocycles. The number of thiazole rings is 1. The average Bonchev–Trinajstić information content (AvgIpc) is 3.49. The van der Waals surface area contributed by atoms with Crippen molar-refractivity contribution in [2.24, 2.45) is 0 Å². The molecule has 8 heteroatoms. The van der Waals surface area contributed by atoms with Gasteiger partial charge in [0.05, 0.1) is 10.6 Å². The maximum absolute atomic E-state index is 14.8. The summed E-state index contributed by atoms with van der Waals surface area (Å²) in [5, 5.41) is 3.18. The number of ketones is 1. The van der Waals surface area contributed by atoms with Gasteiger partial charge in [-0.05, 0) is 36.2 Å². The zero-order valence-corrected chi connectivity index (χ0v) is 18.3. The van der Waals surface area contributed by atoms with E-state index < -0.39 is 11.9 Å². The van der Waals surface area contributed by atoms with Gasteiger partial charge in [0.25, 0.3) is 0 Å². The minimum atomic E-state index is -0.474. The van der Waals surface area contributed by atoms with E-state index in [-0.39, 0.29) is 11.7 Å². The SMILES string of the molecule is O=C1CCC(C(=O)Nc2ncc(-c3ccc(OCc4ccccc4)cc3F)s2)n2cccc21. The topological polar surface area (TPSA) is 73.2 Å². The fourth-order valence-corrected chi connectivity index (χ4v) is 4.71. The lowest BCUT2D eigenvalue weighted by atomic mass is 10.0. The highest BCUT2D eigenvalue weighted by molar-refractivity contribution is 7.19. The quantitative estimate of drug-likeness (QED) is 0.412. The summed E-state index contributed by atoms with van der Waals surface area (Å²) < 4.78 is 22.1. The van der Waals surface area contributed by atoms with Gasteiger partial charge >= 0.3 is 0 Å². The summed E-state index contributed by atoms with van der Waals surface area (Å²) in [6, 6.07) is 17.4. The zero-order valence-electron chi connectivity index (χ0n) is 17.5. The first-order chi connectivity index (χ1) is 16.1. The Kier molecular flexibility index (Phi) is 5.75. The van der Waals surface area contributed by atoms with Gasteiger partial charge in [-0.25, -0.2) is 9.37 Å². The van der Waals surface area contributed by atoms with Crippen LogP contribution in [0.4, 0.5) is 9.52 Å². The Hall–Kier alpha value is -3.78. The fraction of sp³-hybridized carbons (Fsp3) is 0.160. The Morgan fingerprint density at radius 3 is 2.85 bits per heavy atom. The maximum Gasteiger partial charge on any atom is 0.249 e. The second-order valence-corrected chi connectivity index (χ2v) is 8.74. The summed E-state index contributed by atoms with van der Waals surface area (Å²) >= 11 is 1.19. The van der Waals surface area contributed by atoms with E-state index in [1.54, 1.807) is 35.0 Å². The Bertz CT molecular complexity index is 1320. The molecule has 1 aliphatic rings. The van der Waals surface area contributed by atoms with Crippen molar-refractivity contribution in [2.75, 3.05) is 5.32 Å². The van der Waals surface area contributed by atoms with E-state index in [2.05, 4.69) is 10.3 Å². The molecule has 4 aromatic rings. The predicted molar refractivity (Wildman–Crippen MR) is 124 cm³/mol. The highest BCUT2D eigenvalue weighted by Crippen LogP contribution is 2.34. The number of rotatable bonds is 6. The van der Waals surface area contributed by atoms with Crippen LogP contribution in [0.2, 0.25) is 0 Å². The zero-order chi connectivity index (χ0) is 22.8. The van der Waals surface area contributed by atoms with Crippen molar-refractivity contribution in [3.05, 3.63) is 90.1 Å². The van der Waals surface area contributed by atoms with Crippen molar-refractivity contribution in [1.29, 1.82) is 0 Å². The van der Waals surface area contributed by atoms with Crippen LogP contribution in [0.1, 0.15) is 34.9 Å². The predicted octanol–water partition coefficient (Wildman–Crippen LogP) is 5.49. The number of hydrogen-bond donors (Lipinski definition) is 1. The third kappa shape index (κ3) is 4.42. The molecule has 0 spiro atoms. The number of amides is 1. The standard InChI is InChI=1S/C25H20FN3O3S/c26-19-13-17(32-15-16-5-2-1-3-6-16)8-9-18(19)23-14-27-25(33-23)28-24(31)21-10-11-22(30)20-7-4-12-29(20)21/h1-9,12-14,21H,10-11,15H2,(H,27,28,31). The number of hydrogen-bond acceptors (Lipinski definition) is 5. The molecule has 3 heterocycles. The largest absolute Gasteiger partial charge is 0.489 e. The monoisotopic (exact) mass is 461 g/mol. The normalized spacial score (nSPS) is 15.2. The summed E-state index contributed by atoms with van der Waals surface area (Å²) in [5.74, 6) is -0.199. The van der Waals surface area contributed by atoms with Crippen molar-refractivity contribution < 1.29 is 18.7 Å². The number of carbonyl (C=O) groups is 2. The number of Topliss-reactive ketones (excluding diaryl/α,β-unsaturated/α-hetero) is 1. The molecule has 1 atom stereocenters. The van der Waals surface area contributed by atoms with E-state index in [0.29, 0.717) is 46.5 Å². The van der Waals surface area contributed by atoms with Gasteiger partial charge in [0, 0.05) is 30.4 Å². The first-order valence-corrected chi connectivity index (χ1v) is 11.3. The number of fused-ring (bicyclic) bond motifs is 1. The van der Waals surface area contributed by atoms with Crippen LogP contribution in [0.15, 0.2) is 73.1 Å². The Labute approximate surface area is 193 Å². The number of anilines is 1. The lowest BCUT2D eigenvalue weighted by Gasteiger charge is -2.24. The smallest absolute Gasteiger partial charge is 0.249 e. The van der Waals surface area contributed by atoms with Crippen molar-refractivity contribution >= 4 is 28.2 Å². The molecular weight excluding hydrogens is 441 g/mol. The molecule has 0 aliphatic carbocycles. The molecular formula is C25H20FN3O3S. The molecule has 6 nitrogen and oxygen atoms in total. The molecule has 1 N–H and O–H groups in total. The Morgan fingerprint density at radius 1 is 1.18 bits per heavy atom. The molecule has 1 amide bonds. The molecule has 1 unspecified atom stereocenters. The van der Waals surface area contributed by atoms with E-state index in [9.17, 15) is 14.0 Å². The van der Waals surface area contributed by atoms with E-state index in [1.165, 1.54) is 23.6 Å². The van der Waals surface area contributed by atoms with Crippen molar-refractivity contribution in [1.82, 2.24) is 9.55 Å². The van der Waals surface area contributed by atoms with Gasteiger partial charge in [0.2, 0.25) is 5.91 Å². The van der Waals surface area contributed by atoms with Gasteiger partial charge in [-0.2, -0.15) is 0 Å². The highest BCUT2D eigenvalue weighted by Gasteiger charge is 2.30. The summed E-state index contributed by atoms with van der Waals surface area (Å²) in [5.41, 5.74) is 1.92. The van der Waals surface area contributed by atoms with E-state index >= 15 is 0 Å².